The molecule has 5 heteroatoms. The van der Waals surface area contributed by atoms with Crippen LogP contribution in [0.2, 0.25) is 0 Å². The molecule has 3 rings (SSSR count). The molecule has 0 amide bonds. The third kappa shape index (κ3) is 2.20. The average molecular weight is 283 g/mol. The molecule has 21 heavy (non-hydrogen) atoms. The van der Waals surface area contributed by atoms with E-state index in [0.29, 0.717) is 18.6 Å². The minimum absolute atomic E-state index is 0.0145. The first kappa shape index (κ1) is 13.4. The van der Waals surface area contributed by atoms with Gasteiger partial charge in [-0.1, -0.05) is 11.2 Å². The van der Waals surface area contributed by atoms with Gasteiger partial charge >= 0.3 is 0 Å². The standard InChI is InChI=1S/C16H17N3O2/c1-4-7-18-8-5-13-6-9-19(16(20)15(13)18)10-14-11(2)17-21-12(14)3/h4-6,8-9H,1,7,10H2,2-3H3. The second-order valence-corrected chi connectivity index (χ2v) is 5.11. The molecule has 0 radical (unpaired) electrons. The molecule has 3 heterocycles. The summed E-state index contributed by atoms with van der Waals surface area (Å²) in [5.41, 5.74) is 2.46. The van der Waals surface area contributed by atoms with Crippen LogP contribution in [0.25, 0.3) is 10.9 Å². The molecular formula is C16H17N3O2. The Morgan fingerprint density at radius 2 is 2.00 bits per heavy atom. The van der Waals surface area contributed by atoms with Crippen LogP contribution in [0.3, 0.4) is 0 Å². The highest BCUT2D eigenvalue weighted by Crippen LogP contribution is 2.15. The van der Waals surface area contributed by atoms with Crippen molar-refractivity contribution in [2.24, 2.45) is 0 Å². The number of nitrogens with zero attached hydrogens (tertiary/aromatic N) is 3. The smallest absolute Gasteiger partial charge is 0.275 e. The molecule has 3 aromatic heterocycles. The van der Waals surface area contributed by atoms with Gasteiger partial charge < -0.3 is 13.7 Å². The Morgan fingerprint density at radius 1 is 1.29 bits per heavy atom. The van der Waals surface area contributed by atoms with Crippen molar-refractivity contribution in [2.75, 3.05) is 0 Å². The van der Waals surface area contributed by atoms with Crippen LogP contribution in [0.5, 0.6) is 0 Å². The second-order valence-electron chi connectivity index (χ2n) is 5.11. The zero-order valence-corrected chi connectivity index (χ0v) is 12.2. The molecule has 0 aromatic carbocycles. The molecule has 0 bridgehead atoms. The molecule has 0 atom stereocenters. The number of rotatable bonds is 4. The van der Waals surface area contributed by atoms with Crippen LogP contribution >= 0.6 is 0 Å². The molecule has 0 aliphatic rings. The molecule has 0 aliphatic heterocycles. The number of hydrogen-bond acceptors (Lipinski definition) is 3. The van der Waals surface area contributed by atoms with Crippen molar-refractivity contribution < 1.29 is 4.52 Å². The van der Waals surface area contributed by atoms with Gasteiger partial charge in [0.15, 0.2) is 0 Å². The van der Waals surface area contributed by atoms with E-state index in [1.54, 1.807) is 10.6 Å². The van der Waals surface area contributed by atoms with E-state index < -0.39 is 0 Å². The second kappa shape index (κ2) is 5.09. The van der Waals surface area contributed by atoms with Gasteiger partial charge in [-0.05, 0) is 26.0 Å². The summed E-state index contributed by atoms with van der Waals surface area (Å²) in [6, 6.07) is 3.90. The van der Waals surface area contributed by atoms with Gasteiger partial charge in [0.2, 0.25) is 0 Å². The molecule has 0 unspecified atom stereocenters. The molecule has 5 nitrogen and oxygen atoms in total. The predicted molar refractivity (Wildman–Crippen MR) is 81.5 cm³/mol. The molecule has 0 aliphatic carbocycles. The van der Waals surface area contributed by atoms with E-state index in [-0.39, 0.29) is 5.56 Å². The molecule has 0 N–H and O–H groups in total. The summed E-state index contributed by atoms with van der Waals surface area (Å²) in [7, 11) is 0. The van der Waals surface area contributed by atoms with E-state index in [2.05, 4.69) is 11.7 Å². The largest absolute Gasteiger partial charge is 0.361 e. The number of fused-ring (bicyclic) bond motifs is 1. The van der Waals surface area contributed by atoms with E-state index in [4.69, 9.17) is 4.52 Å². The molecule has 0 fully saturated rings. The normalized spacial score (nSPS) is 11.1. The van der Waals surface area contributed by atoms with Crippen LogP contribution in [0.4, 0.5) is 0 Å². The first-order chi connectivity index (χ1) is 10.1. The minimum Gasteiger partial charge on any atom is -0.361 e. The van der Waals surface area contributed by atoms with Gasteiger partial charge in [0.05, 0.1) is 12.2 Å². The average Bonchev–Trinajstić information content (AvgIpc) is 3.01. The first-order valence-electron chi connectivity index (χ1n) is 6.82. The summed E-state index contributed by atoms with van der Waals surface area (Å²) < 4.78 is 8.76. The SMILES string of the molecule is C=CCn1ccc2ccn(Cc3c(C)noc3C)c(=O)c21. The van der Waals surface area contributed by atoms with E-state index in [1.807, 2.05) is 42.9 Å². The van der Waals surface area contributed by atoms with Crippen LogP contribution < -0.4 is 5.56 Å². The maximum Gasteiger partial charge on any atom is 0.275 e. The van der Waals surface area contributed by atoms with Crippen molar-refractivity contribution in [3.63, 3.8) is 0 Å². The topological polar surface area (TPSA) is 53.0 Å². The number of pyridine rings is 1. The Morgan fingerprint density at radius 3 is 2.62 bits per heavy atom. The molecule has 108 valence electrons. The van der Waals surface area contributed by atoms with Crippen molar-refractivity contribution in [3.8, 4) is 0 Å². The van der Waals surface area contributed by atoms with Crippen molar-refractivity contribution in [1.82, 2.24) is 14.3 Å². The lowest BCUT2D eigenvalue weighted by atomic mass is 10.2. The summed E-state index contributed by atoms with van der Waals surface area (Å²) in [6.07, 6.45) is 5.51. The van der Waals surface area contributed by atoms with Crippen LogP contribution in [0.1, 0.15) is 17.0 Å². The van der Waals surface area contributed by atoms with Gasteiger partial charge in [0.1, 0.15) is 11.3 Å². The van der Waals surface area contributed by atoms with Crippen LogP contribution in [-0.4, -0.2) is 14.3 Å². The van der Waals surface area contributed by atoms with Gasteiger partial charge in [-0.15, -0.1) is 6.58 Å². The van der Waals surface area contributed by atoms with Gasteiger partial charge in [-0.25, -0.2) is 0 Å². The minimum atomic E-state index is -0.0145. The number of allylic oxidation sites excluding steroid dienone is 1. The Balaban J connectivity index is 2.11. The van der Waals surface area contributed by atoms with Crippen LogP contribution in [0, 0.1) is 13.8 Å². The van der Waals surface area contributed by atoms with Crippen molar-refractivity contribution >= 4 is 10.9 Å². The van der Waals surface area contributed by atoms with Crippen molar-refractivity contribution in [2.45, 2.75) is 26.9 Å². The van der Waals surface area contributed by atoms with E-state index in [1.165, 1.54) is 0 Å². The lowest BCUT2D eigenvalue weighted by molar-refractivity contribution is 0.392. The molecular weight excluding hydrogens is 266 g/mol. The summed E-state index contributed by atoms with van der Waals surface area (Å²) in [5.74, 6) is 0.751. The molecule has 3 aromatic rings. The molecule has 0 saturated heterocycles. The highest BCUT2D eigenvalue weighted by molar-refractivity contribution is 5.79. The highest BCUT2D eigenvalue weighted by Gasteiger charge is 2.12. The molecule has 0 saturated carbocycles. The zero-order valence-electron chi connectivity index (χ0n) is 12.2. The van der Waals surface area contributed by atoms with E-state index in [0.717, 1.165) is 22.4 Å². The molecule has 0 spiro atoms. The fourth-order valence-electron chi connectivity index (χ4n) is 2.56. The van der Waals surface area contributed by atoms with Gasteiger partial charge in [-0.3, -0.25) is 4.79 Å². The number of aryl methyl sites for hydroxylation is 2. The maximum atomic E-state index is 12.7. The lowest BCUT2D eigenvalue weighted by Crippen LogP contribution is -2.22. The first-order valence-corrected chi connectivity index (χ1v) is 6.82. The summed E-state index contributed by atoms with van der Waals surface area (Å²) in [5, 5.41) is 4.87. The number of aromatic nitrogens is 3. The number of hydrogen-bond donors (Lipinski definition) is 0. The van der Waals surface area contributed by atoms with Crippen molar-refractivity contribution in [1.29, 1.82) is 0 Å². The van der Waals surface area contributed by atoms with E-state index >= 15 is 0 Å². The van der Waals surface area contributed by atoms with Crippen molar-refractivity contribution in [3.05, 3.63) is 64.6 Å². The van der Waals surface area contributed by atoms with Gasteiger partial charge in [0, 0.05) is 29.9 Å². The third-order valence-electron chi connectivity index (χ3n) is 3.73. The highest BCUT2D eigenvalue weighted by atomic mass is 16.5. The lowest BCUT2D eigenvalue weighted by Gasteiger charge is -2.07. The Kier molecular flexibility index (Phi) is 3.25. The van der Waals surface area contributed by atoms with Crippen LogP contribution in [0.15, 0.2) is 46.5 Å². The van der Waals surface area contributed by atoms with E-state index in [9.17, 15) is 4.79 Å². The Labute approximate surface area is 122 Å². The monoisotopic (exact) mass is 283 g/mol. The van der Waals surface area contributed by atoms with Gasteiger partial charge in [0.25, 0.3) is 5.56 Å². The maximum absolute atomic E-state index is 12.7. The fraction of sp³-hybridized carbons (Fsp3) is 0.250. The predicted octanol–water partition coefficient (Wildman–Crippen LogP) is 2.64. The Hall–Kier alpha value is -2.56. The quantitative estimate of drug-likeness (QED) is 0.692. The zero-order chi connectivity index (χ0) is 15.0. The summed E-state index contributed by atoms with van der Waals surface area (Å²) in [4.78, 5) is 12.7. The third-order valence-corrected chi connectivity index (χ3v) is 3.73. The van der Waals surface area contributed by atoms with Crippen LogP contribution in [-0.2, 0) is 13.1 Å². The summed E-state index contributed by atoms with van der Waals surface area (Å²) >= 11 is 0. The van der Waals surface area contributed by atoms with Gasteiger partial charge in [-0.2, -0.15) is 0 Å². The Bertz CT molecular complexity index is 848. The fourth-order valence-corrected chi connectivity index (χ4v) is 2.56. The summed E-state index contributed by atoms with van der Waals surface area (Å²) in [6.45, 7) is 8.56.